The topological polar surface area (TPSA) is 44.8 Å². The summed E-state index contributed by atoms with van der Waals surface area (Å²) in [6.45, 7) is 9.51. The molecule has 0 spiro atoms. The minimum absolute atomic E-state index is 0.00163. The van der Waals surface area contributed by atoms with Gasteiger partial charge in [0.15, 0.2) is 12.1 Å². The van der Waals surface area contributed by atoms with Gasteiger partial charge in [-0.05, 0) is 48.0 Å². The van der Waals surface area contributed by atoms with Crippen LogP contribution in [0.2, 0.25) is 0 Å². The van der Waals surface area contributed by atoms with E-state index in [2.05, 4.69) is 20.8 Å². The van der Waals surface area contributed by atoms with Crippen molar-refractivity contribution in [3.05, 3.63) is 35.9 Å². The summed E-state index contributed by atoms with van der Waals surface area (Å²) < 4.78 is 18.2. The summed E-state index contributed by atoms with van der Waals surface area (Å²) in [6.07, 6.45) is 2.83. The van der Waals surface area contributed by atoms with Crippen LogP contribution in [0.15, 0.2) is 30.3 Å². The zero-order valence-corrected chi connectivity index (χ0v) is 16.9. The van der Waals surface area contributed by atoms with Crippen molar-refractivity contribution in [3.63, 3.8) is 0 Å². The summed E-state index contributed by atoms with van der Waals surface area (Å²) in [4.78, 5) is 12.1. The molecule has 1 aromatic rings. The van der Waals surface area contributed by atoms with Crippen LogP contribution in [-0.4, -0.2) is 30.9 Å². The summed E-state index contributed by atoms with van der Waals surface area (Å²) in [7, 11) is 0. The number of carbonyl (C=O) groups excluding carboxylic acids is 1. The zero-order valence-electron chi connectivity index (χ0n) is 16.9. The van der Waals surface area contributed by atoms with Crippen molar-refractivity contribution in [2.75, 3.05) is 6.61 Å². The van der Waals surface area contributed by atoms with Gasteiger partial charge < -0.3 is 14.2 Å². The number of carbonyl (C=O) groups is 1. The highest BCUT2D eigenvalue weighted by molar-refractivity contribution is 5.80. The van der Waals surface area contributed by atoms with E-state index in [1.54, 1.807) is 6.92 Å². The molecule has 2 bridgehead atoms. The zero-order chi connectivity index (χ0) is 19.2. The molecule has 2 aliphatic carbocycles. The molecular weight excluding hydrogens is 340 g/mol. The standard InChI is InChI=1S/C23H32O4/c1-15(24)19(14-25-13-16-8-6-5-7-9-16)26-20-12-17-18-10-11-23(4,21(17)27-20)22(18,2)3/h5-9,17-21H,10-14H2,1-4H3/t17-,18+,19+,20-,21-,23-/m0/s1. The number of hydrogen-bond donors (Lipinski definition) is 0. The van der Waals surface area contributed by atoms with Gasteiger partial charge in [-0.3, -0.25) is 4.79 Å². The number of hydrogen-bond acceptors (Lipinski definition) is 4. The summed E-state index contributed by atoms with van der Waals surface area (Å²) in [5.41, 5.74) is 1.64. The third-order valence-electron chi connectivity index (χ3n) is 7.82. The molecule has 3 aliphatic rings. The van der Waals surface area contributed by atoms with E-state index in [0.717, 1.165) is 12.0 Å². The molecule has 148 valence electrons. The Morgan fingerprint density at radius 3 is 2.67 bits per heavy atom. The quantitative estimate of drug-likeness (QED) is 0.713. The first kappa shape index (κ1) is 19.1. The highest BCUT2D eigenvalue weighted by Crippen LogP contribution is 2.71. The molecule has 0 unspecified atom stereocenters. The number of benzene rings is 1. The van der Waals surface area contributed by atoms with E-state index in [4.69, 9.17) is 14.2 Å². The van der Waals surface area contributed by atoms with Gasteiger partial charge in [0.05, 0.1) is 19.3 Å². The molecule has 0 aromatic heterocycles. The Morgan fingerprint density at radius 2 is 2.00 bits per heavy atom. The van der Waals surface area contributed by atoms with E-state index in [0.29, 0.717) is 23.9 Å². The second kappa shape index (κ2) is 6.98. The number of rotatable bonds is 7. The Morgan fingerprint density at radius 1 is 1.26 bits per heavy atom. The maximum atomic E-state index is 12.1. The molecule has 4 heteroatoms. The third-order valence-corrected chi connectivity index (χ3v) is 7.82. The van der Waals surface area contributed by atoms with Gasteiger partial charge in [0, 0.05) is 6.42 Å². The first-order valence-corrected chi connectivity index (χ1v) is 10.3. The van der Waals surface area contributed by atoms with Crippen LogP contribution in [0.3, 0.4) is 0 Å². The maximum absolute atomic E-state index is 12.1. The lowest BCUT2D eigenvalue weighted by atomic mass is 9.70. The third kappa shape index (κ3) is 3.16. The van der Waals surface area contributed by atoms with Crippen molar-refractivity contribution in [2.45, 2.75) is 72.1 Å². The van der Waals surface area contributed by atoms with Gasteiger partial charge >= 0.3 is 0 Å². The van der Waals surface area contributed by atoms with Crippen molar-refractivity contribution in [2.24, 2.45) is 22.7 Å². The normalized spacial score (nSPS) is 37.3. The van der Waals surface area contributed by atoms with Gasteiger partial charge in [-0.25, -0.2) is 0 Å². The van der Waals surface area contributed by atoms with E-state index in [1.807, 2.05) is 30.3 Å². The van der Waals surface area contributed by atoms with Crippen LogP contribution in [0.4, 0.5) is 0 Å². The van der Waals surface area contributed by atoms with E-state index >= 15 is 0 Å². The Balaban J connectivity index is 1.34. The highest BCUT2D eigenvalue weighted by Gasteiger charge is 2.69. The summed E-state index contributed by atoms with van der Waals surface area (Å²) in [5, 5.41) is 0. The van der Waals surface area contributed by atoms with Crippen molar-refractivity contribution in [1.82, 2.24) is 0 Å². The molecule has 0 radical (unpaired) electrons. The van der Waals surface area contributed by atoms with Gasteiger partial charge in [0.2, 0.25) is 0 Å². The average molecular weight is 373 g/mol. The molecule has 6 atom stereocenters. The smallest absolute Gasteiger partial charge is 0.160 e. The van der Waals surface area contributed by atoms with E-state index < -0.39 is 6.10 Å². The molecule has 1 heterocycles. The monoisotopic (exact) mass is 372 g/mol. The number of ketones is 1. The molecule has 2 saturated carbocycles. The van der Waals surface area contributed by atoms with Crippen molar-refractivity contribution >= 4 is 5.78 Å². The first-order chi connectivity index (χ1) is 12.8. The Labute approximate surface area is 162 Å². The van der Waals surface area contributed by atoms with Crippen LogP contribution in [0, 0.1) is 22.7 Å². The lowest BCUT2D eigenvalue weighted by Gasteiger charge is -2.38. The van der Waals surface area contributed by atoms with Gasteiger partial charge in [0.25, 0.3) is 0 Å². The lowest BCUT2D eigenvalue weighted by Crippen LogP contribution is -2.39. The van der Waals surface area contributed by atoms with Crippen LogP contribution >= 0.6 is 0 Å². The summed E-state index contributed by atoms with van der Waals surface area (Å²) >= 11 is 0. The van der Waals surface area contributed by atoms with Crippen LogP contribution in [-0.2, 0) is 25.6 Å². The minimum atomic E-state index is -0.559. The highest BCUT2D eigenvalue weighted by atomic mass is 16.7. The van der Waals surface area contributed by atoms with E-state index in [-0.39, 0.29) is 30.2 Å². The molecule has 0 amide bonds. The lowest BCUT2D eigenvalue weighted by molar-refractivity contribution is -0.196. The van der Waals surface area contributed by atoms with Crippen LogP contribution < -0.4 is 0 Å². The summed E-state index contributed by atoms with van der Waals surface area (Å²) in [6, 6.07) is 9.98. The maximum Gasteiger partial charge on any atom is 0.160 e. The molecule has 1 aromatic carbocycles. The predicted octanol–water partition coefficient (Wildman–Crippen LogP) is 4.36. The van der Waals surface area contributed by atoms with Crippen LogP contribution in [0.1, 0.15) is 52.5 Å². The van der Waals surface area contributed by atoms with Crippen molar-refractivity contribution < 1.29 is 19.0 Å². The minimum Gasteiger partial charge on any atom is -0.374 e. The fourth-order valence-corrected chi connectivity index (χ4v) is 5.87. The largest absolute Gasteiger partial charge is 0.374 e. The number of fused-ring (bicyclic) bond motifs is 5. The number of ether oxygens (including phenoxy) is 3. The SMILES string of the molecule is CC(=O)[C@@H](COCc1ccccc1)O[C@@H]1C[C@H]2[C@H]3CC[C@@](C)([C@H]2O1)C3(C)C. The van der Waals surface area contributed by atoms with Crippen LogP contribution in [0.5, 0.6) is 0 Å². The Kier molecular flexibility index (Phi) is 4.94. The number of Topliss-reactive ketones (excluding diaryl/α,β-unsaturated/α-hetero) is 1. The van der Waals surface area contributed by atoms with Gasteiger partial charge in [-0.1, -0.05) is 51.1 Å². The average Bonchev–Trinajstić information content (AvgIpc) is 3.19. The van der Waals surface area contributed by atoms with Crippen molar-refractivity contribution in [3.8, 4) is 0 Å². The molecule has 1 aliphatic heterocycles. The first-order valence-electron chi connectivity index (χ1n) is 10.3. The van der Waals surface area contributed by atoms with Gasteiger partial charge in [0.1, 0.15) is 6.10 Å². The second-order valence-electron chi connectivity index (χ2n) is 9.41. The van der Waals surface area contributed by atoms with Crippen molar-refractivity contribution in [1.29, 1.82) is 0 Å². The fourth-order valence-electron chi connectivity index (χ4n) is 5.87. The van der Waals surface area contributed by atoms with Gasteiger partial charge in [-0.15, -0.1) is 0 Å². The molecule has 1 saturated heterocycles. The molecule has 3 fully saturated rings. The van der Waals surface area contributed by atoms with Gasteiger partial charge in [-0.2, -0.15) is 0 Å². The van der Waals surface area contributed by atoms with Crippen LogP contribution in [0.25, 0.3) is 0 Å². The summed E-state index contributed by atoms with van der Waals surface area (Å²) in [5.74, 6) is 1.26. The molecule has 4 nitrogen and oxygen atoms in total. The van der Waals surface area contributed by atoms with E-state index in [9.17, 15) is 4.79 Å². The second-order valence-corrected chi connectivity index (χ2v) is 9.41. The fraction of sp³-hybridized carbons (Fsp3) is 0.696. The molecular formula is C23H32O4. The van der Waals surface area contributed by atoms with E-state index in [1.165, 1.54) is 12.8 Å². The molecule has 27 heavy (non-hydrogen) atoms. The predicted molar refractivity (Wildman–Crippen MR) is 103 cm³/mol. The molecule has 4 rings (SSSR count). The Hall–Kier alpha value is -1.23. The molecule has 0 N–H and O–H groups in total. The Bertz CT molecular complexity index is 685.